The van der Waals surface area contributed by atoms with Crippen LogP contribution in [-0.2, 0) is 0 Å². The Morgan fingerprint density at radius 3 is 2.59 bits per heavy atom. The molecule has 2 rings (SSSR count). The fourth-order valence-electron chi connectivity index (χ4n) is 1.15. The zero-order chi connectivity index (χ0) is 15.1. The molecule has 0 fully saturated rings. The third-order valence-corrected chi connectivity index (χ3v) is 1.94. The molecule has 0 aliphatic carbocycles. The van der Waals surface area contributed by atoms with Crippen molar-refractivity contribution in [2.75, 3.05) is 0 Å². The molecule has 0 atom stereocenters. The maximum atomic E-state index is 13.7. The molecule has 1 aromatic heterocycles. The summed E-state index contributed by atoms with van der Waals surface area (Å²) in [5, 5.41) is 6.12. The monoisotopic (exact) mass is 249 g/mol. The first-order chi connectivity index (χ1) is 9.21. The Kier molecular flexibility index (Phi) is 2.01. The van der Waals surface area contributed by atoms with Crippen LogP contribution in [0.2, 0.25) is 0 Å². The Hall–Kier alpha value is -1.92. The number of aromatic nitrogens is 2. The van der Waals surface area contributed by atoms with Gasteiger partial charge in [0, 0.05) is 4.11 Å². The lowest BCUT2D eigenvalue weighted by molar-refractivity contribution is 0.116. The lowest BCUT2D eigenvalue weighted by atomic mass is 10.1. The fraction of sp³-hybridized carbons (Fsp3) is 0.200. The predicted octanol–water partition coefficient (Wildman–Crippen LogP) is 3.26. The van der Waals surface area contributed by atoms with Crippen molar-refractivity contribution in [2.45, 2.75) is 13.3 Å². The highest BCUT2D eigenvalue weighted by Gasteiger charge is 2.21. The third kappa shape index (κ3) is 2.00. The van der Waals surface area contributed by atoms with Gasteiger partial charge in [-0.25, -0.2) is 8.78 Å². The van der Waals surface area contributed by atoms with E-state index in [4.69, 9.17) is 4.11 Å². The molecule has 17 heavy (non-hydrogen) atoms. The summed E-state index contributed by atoms with van der Waals surface area (Å²) in [6, 6.07) is 1.69. The Bertz CT molecular complexity index is 642. The van der Waals surface area contributed by atoms with Crippen molar-refractivity contribution in [1.82, 2.24) is 10.2 Å². The van der Waals surface area contributed by atoms with Crippen molar-refractivity contribution in [1.29, 1.82) is 0 Å². The molecule has 0 amide bonds. The second-order valence-electron chi connectivity index (χ2n) is 3.03. The second-order valence-corrected chi connectivity index (χ2v) is 3.03. The van der Waals surface area contributed by atoms with Crippen molar-refractivity contribution < 1.29 is 26.1 Å². The molecule has 90 valence electrons. The van der Waals surface area contributed by atoms with Gasteiger partial charge in [-0.2, -0.15) is 8.78 Å². The van der Waals surface area contributed by atoms with Crippen LogP contribution in [0.25, 0.3) is 11.5 Å². The van der Waals surface area contributed by atoms with Crippen LogP contribution in [0, 0.1) is 18.5 Å². The maximum absolute atomic E-state index is 13.7. The summed E-state index contributed by atoms with van der Waals surface area (Å²) in [4.78, 5) is 0. The largest absolute Gasteiger partial charge is 0.415 e. The van der Waals surface area contributed by atoms with E-state index in [-0.39, 0.29) is 0 Å². The van der Waals surface area contributed by atoms with Crippen molar-refractivity contribution >= 4 is 0 Å². The molecule has 0 aliphatic rings. The van der Waals surface area contributed by atoms with E-state index in [0.717, 1.165) is 12.1 Å². The number of aryl methyl sites for hydroxylation is 1. The summed E-state index contributed by atoms with van der Waals surface area (Å²) in [6.45, 7) is -2.84. The van der Waals surface area contributed by atoms with Crippen molar-refractivity contribution in [3.63, 3.8) is 0 Å². The minimum Gasteiger partial charge on any atom is -0.415 e. The smallest absolute Gasteiger partial charge is 0.314 e. The van der Waals surface area contributed by atoms with Crippen LogP contribution < -0.4 is 0 Å². The molecular weight excluding hydrogens is 240 g/mol. The molecule has 2 aromatic rings. The molecule has 7 heteroatoms. The average Bonchev–Trinajstić information content (AvgIpc) is 2.80. The SMILES string of the molecule is [2H]C([2H])([2H])c1ccc(-c2nnc(C(F)F)o2)c(F)c1F. The predicted molar refractivity (Wildman–Crippen MR) is 49.3 cm³/mol. The van der Waals surface area contributed by atoms with E-state index in [1.165, 1.54) is 0 Å². The first kappa shape index (κ1) is 8.21. The number of halogens is 4. The van der Waals surface area contributed by atoms with Crippen LogP contribution in [0.3, 0.4) is 0 Å². The van der Waals surface area contributed by atoms with Gasteiger partial charge < -0.3 is 4.42 Å². The quantitative estimate of drug-likeness (QED) is 0.767. The van der Waals surface area contributed by atoms with E-state index in [9.17, 15) is 17.6 Å². The van der Waals surface area contributed by atoms with Gasteiger partial charge in [0.25, 0.3) is 11.8 Å². The lowest BCUT2D eigenvalue weighted by Gasteiger charge is -2.01. The molecule has 1 heterocycles. The summed E-state index contributed by atoms with van der Waals surface area (Å²) < 4.78 is 77.4. The lowest BCUT2D eigenvalue weighted by Crippen LogP contribution is -1.93. The van der Waals surface area contributed by atoms with E-state index >= 15 is 0 Å². The van der Waals surface area contributed by atoms with Crippen molar-refractivity contribution in [3.05, 3.63) is 35.2 Å². The molecule has 0 saturated carbocycles. The average molecular weight is 249 g/mol. The van der Waals surface area contributed by atoms with Gasteiger partial charge in [0.05, 0.1) is 5.56 Å². The Balaban J connectivity index is 2.51. The molecule has 0 aliphatic heterocycles. The van der Waals surface area contributed by atoms with Gasteiger partial charge in [-0.3, -0.25) is 0 Å². The second kappa shape index (κ2) is 4.15. The van der Waals surface area contributed by atoms with E-state index < -0.39 is 47.8 Å². The molecule has 3 nitrogen and oxygen atoms in total. The van der Waals surface area contributed by atoms with Gasteiger partial charge in [0.2, 0.25) is 0 Å². The zero-order valence-corrected chi connectivity index (χ0v) is 8.05. The molecule has 0 bridgehead atoms. The summed E-state index contributed by atoms with van der Waals surface area (Å²) in [5.41, 5.74) is -1.41. The van der Waals surface area contributed by atoms with Crippen LogP contribution in [-0.4, -0.2) is 10.2 Å². The van der Waals surface area contributed by atoms with E-state index in [1.54, 1.807) is 0 Å². The summed E-state index contributed by atoms with van der Waals surface area (Å²) in [7, 11) is 0. The summed E-state index contributed by atoms with van der Waals surface area (Å²) >= 11 is 0. The molecular formula is C10H6F4N2O. The van der Waals surface area contributed by atoms with Gasteiger partial charge in [-0.1, -0.05) is 6.07 Å². The van der Waals surface area contributed by atoms with Gasteiger partial charge >= 0.3 is 6.43 Å². The first-order valence-electron chi connectivity index (χ1n) is 5.82. The van der Waals surface area contributed by atoms with E-state index in [2.05, 4.69) is 14.6 Å². The van der Waals surface area contributed by atoms with Gasteiger partial charge in [0.1, 0.15) is 0 Å². The molecule has 0 radical (unpaired) electrons. The van der Waals surface area contributed by atoms with E-state index in [0.29, 0.717) is 0 Å². The minimum atomic E-state index is -3.05. The molecule has 1 aromatic carbocycles. The number of alkyl halides is 2. The number of nitrogens with zero attached hydrogens (tertiary/aromatic N) is 2. The highest BCUT2D eigenvalue weighted by atomic mass is 19.3. The number of hydrogen-bond acceptors (Lipinski definition) is 3. The van der Waals surface area contributed by atoms with Crippen LogP contribution in [0.15, 0.2) is 16.5 Å². The molecule has 0 N–H and O–H groups in total. The van der Waals surface area contributed by atoms with Crippen molar-refractivity contribution in [2.24, 2.45) is 0 Å². The first-order valence-corrected chi connectivity index (χ1v) is 4.32. The highest BCUT2D eigenvalue weighted by molar-refractivity contribution is 5.54. The number of hydrogen-bond donors (Lipinski definition) is 0. The highest BCUT2D eigenvalue weighted by Crippen LogP contribution is 2.27. The van der Waals surface area contributed by atoms with E-state index in [1.807, 2.05) is 0 Å². The fourth-order valence-corrected chi connectivity index (χ4v) is 1.15. The topological polar surface area (TPSA) is 38.9 Å². The maximum Gasteiger partial charge on any atom is 0.314 e. The third-order valence-electron chi connectivity index (χ3n) is 1.94. The van der Waals surface area contributed by atoms with Crippen LogP contribution >= 0.6 is 0 Å². The number of benzene rings is 1. The number of rotatable bonds is 2. The van der Waals surface area contributed by atoms with Crippen LogP contribution in [0.1, 0.15) is 22.0 Å². The molecule has 0 saturated heterocycles. The Morgan fingerprint density at radius 1 is 1.24 bits per heavy atom. The normalized spacial score (nSPS) is 14.5. The summed E-state index contributed by atoms with van der Waals surface area (Å²) in [5.74, 6) is -4.86. The van der Waals surface area contributed by atoms with Crippen LogP contribution in [0.4, 0.5) is 17.6 Å². The zero-order valence-electron chi connectivity index (χ0n) is 11.0. The summed E-state index contributed by atoms with van der Waals surface area (Å²) in [6.07, 6.45) is -3.05. The Labute approximate surface area is 97.3 Å². The Morgan fingerprint density at radius 2 is 2.00 bits per heavy atom. The minimum absolute atomic E-state index is 0.588. The van der Waals surface area contributed by atoms with Crippen molar-refractivity contribution in [3.8, 4) is 11.5 Å². The van der Waals surface area contributed by atoms with Crippen LogP contribution in [0.5, 0.6) is 0 Å². The molecule has 0 spiro atoms. The molecule has 0 unspecified atom stereocenters. The van der Waals surface area contributed by atoms with Gasteiger partial charge in [0.15, 0.2) is 11.6 Å². The standard InChI is InChI=1S/C10H6F4N2O/c1-4-2-3-5(7(12)6(4)11)9-15-16-10(17-9)8(13)14/h2-3,8H,1H3/i1D3. The van der Waals surface area contributed by atoms with Gasteiger partial charge in [-0.05, 0) is 18.5 Å². The van der Waals surface area contributed by atoms with Gasteiger partial charge in [-0.15, -0.1) is 10.2 Å².